The molecule has 23 heavy (non-hydrogen) atoms. The molecule has 0 spiro atoms. The summed E-state index contributed by atoms with van der Waals surface area (Å²) in [4.78, 5) is 14.8. The predicted molar refractivity (Wildman–Crippen MR) is 85.7 cm³/mol. The molecular weight excluding hydrogens is 294 g/mol. The lowest BCUT2D eigenvalue weighted by atomic mass is 10.1. The maximum Gasteiger partial charge on any atom is 0.270 e. The number of aromatic nitrogens is 3. The molecule has 1 heterocycles. The van der Waals surface area contributed by atoms with Gasteiger partial charge in [0.25, 0.3) is 5.69 Å². The molecule has 3 aromatic rings. The summed E-state index contributed by atoms with van der Waals surface area (Å²) >= 11 is 0. The number of hydrogen-bond donors (Lipinski definition) is 2. The first-order chi connectivity index (χ1) is 11.0. The molecule has 0 saturated heterocycles. The van der Waals surface area contributed by atoms with Crippen LogP contribution in [0.15, 0.2) is 48.5 Å². The van der Waals surface area contributed by atoms with Crippen molar-refractivity contribution in [2.45, 2.75) is 13.0 Å². The molecule has 0 unspecified atom stereocenters. The molecule has 0 fully saturated rings. The van der Waals surface area contributed by atoms with Crippen molar-refractivity contribution in [3.8, 4) is 11.4 Å². The molecule has 116 valence electrons. The fourth-order valence-electron chi connectivity index (χ4n) is 2.23. The van der Waals surface area contributed by atoms with Crippen LogP contribution in [0.3, 0.4) is 0 Å². The number of H-pyrrole nitrogens is 1. The second kappa shape index (κ2) is 5.98. The molecule has 7 heteroatoms. The number of nitro benzene ring substituents is 1. The van der Waals surface area contributed by atoms with Gasteiger partial charge in [0.05, 0.1) is 11.0 Å². The molecule has 3 rings (SSSR count). The van der Waals surface area contributed by atoms with Crippen molar-refractivity contribution in [1.82, 2.24) is 15.2 Å². The van der Waals surface area contributed by atoms with Crippen LogP contribution in [-0.2, 0) is 0 Å². The zero-order valence-electron chi connectivity index (χ0n) is 12.4. The van der Waals surface area contributed by atoms with Crippen molar-refractivity contribution in [1.29, 1.82) is 0 Å². The molecule has 0 aliphatic heterocycles. The molecule has 1 atom stereocenters. The summed E-state index contributed by atoms with van der Waals surface area (Å²) in [5.41, 5.74) is 8.82. The van der Waals surface area contributed by atoms with Crippen LogP contribution < -0.4 is 5.73 Å². The van der Waals surface area contributed by atoms with Crippen molar-refractivity contribution in [3.63, 3.8) is 0 Å². The SMILES string of the molecule is Cc1ccc([C@H](N)c2nc(-c3cccc([N+](=O)[O-])c3)n[nH]2)cc1. The largest absolute Gasteiger partial charge is 0.318 e. The number of nitro groups is 1. The Labute approximate surface area is 132 Å². The van der Waals surface area contributed by atoms with Crippen molar-refractivity contribution >= 4 is 5.69 Å². The second-order valence-electron chi connectivity index (χ2n) is 5.24. The van der Waals surface area contributed by atoms with E-state index in [2.05, 4.69) is 15.2 Å². The Morgan fingerprint density at radius 2 is 1.96 bits per heavy atom. The van der Waals surface area contributed by atoms with Gasteiger partial charge in [0.1, 0.15) is 5.82 Å². The highest BCUT2D eigenvalue weighted by atomic mass is 16.6. The Kier molecular flexibility index (Phi) is 3.86. The van der Waals surface area contributed by atoms with Gasteiger partial charge in [-0.3, -0.25) is 15.2 Å². The molecule has 0 radical (unpaired) electrons. The molecule has 0 aliphatic carbocycles. The van der Waals surface area contributed by atoms with Crippen LogP contribution in [0.5, 0.6) is 0 Å². The summed E-state index contributed by atoms with van der Waals surface area (Å²) in [6.07, 6.45) is 0. The third-order valence-electron chi connectivity index (χ3n) is 3.55. The number of nitrogens with zero attached hydrogens (tertiary/aromatic N) is 3. The molecule has 3 N–H and O–H groups in total. The molecule has 0 aliphatic rings. The van der Waals surface area contributed by atoms with Gasteiger partial charge in [-0.25, -0.2) is 4.98 Å². The number of rotatable bonds is 4. The Bertz CT molecular complexity index is 842. The van der Waals surface area contributed by atoms with Gasteiger partial charge in [0.2, 0.25) is 0 Å². The van der Waals surface area contributed by atoms with E-state index in [9.17, 15) is 10.1 Å². The van der Waals surface area contributed by atoms with Gasteiger partial charge in [-0.2, -0.15) is 5.10 Å². The Balaban J connectivity index is 1.89. The van der Waals surface area contributed by atoms with E-state index in [0.29, 0.717) is 17.2 Å². The van der Waals surface area contributed by atoms with E-state index in [0.717, 1.165) is 11.1 Å². The number of non-ortho nitro benzene ring substituents is 1. The molecular formula is C16H15N5O2. The number of hydrogen-bond acceptors (Lipinski definition) is 5. The number of nitrogens with one attached hydrogen (secondary N) is 1. The predicted octanol–water partition coefficient (Wildman–Crippen LogP) is 2.74. The van der Waals surface area contributed by atoms with E-state index in [-0.39, 0.29) is 5.69 Å². The van der Waals surface area contributed by atoms with Gasteiger partial charge in [0, 0.05) is 17.7 Å². The van der Waals surface area contributed by atoms with Crippen LogP contribution in [0.2, 0.25) is 0 Å². The highest BCUT2D eigenvalue weighted by molar-refractivity contribution is 5.58. The van der Waals surface area contributed by atoms with Crippen LogP contribution in [0.1, 0.15) is 23.0 Å². The number of aryl methyl sites for hydroxylation is 1. The van der Waals surface area contributed by atoms with Gasteiger partial charge in [-0.15, -0.1) is 0 Å². The second-order valence-corrected chi connectivity index (χ2v) is 5.24. The molecule has 0 saturated carbocycles. The maximum atomic E-state index is 10.8. The first-order valence-corrected chi connectivity index (χ1v) is 7.04. The summed E-state index contributed by atoms with van der Waals surface area (Å²) < 4.78 is 0. The highest BCUT2D eigenvalue weighted by Crippen LogP contribution is 2.23. The van der Waals surface area contributed by atoms with E-state index in [1.807, 2.05) is 31.2 Å². The molecule has 0 amide bonds. The van der Waals surface area contributed by atoms with Gasteiger partial charge in [-0.1, -0.05) is 42.0 Å². The van der Waals surface area contributed by atoms with Crippen LogP contribution in [0.4, 0.5) is 5.69 Å². The van der Waals surface area contributed by atoms with Gasteiger partial charge >= 0.3 is 0 Å². The van der Waals surface area contributed by atoms with Crippen molar-refractivity contribution in [3.05, 3.63) is 75.6 Å². The van der Waals surface area contributed by atoms with Crippen molar-refractivity contribution < 1.29 is 4.92 Å². The number of aromatic amines is 1. The fraction of sp³-hybridized carbons (Fsp3) is 0.125. The lowest BCUT2D eigenvalue weighted by Gasteiger charge is -2.08. The van der Waals surface area contributed by atoms with Crippen LogP contribution in [-0.4, -0.2) is 20.1 Å². The Hall–Kier alpha value is -3.06. The van der Waals surface area contributed by atoms with Crippen molar-refractivity contribution in [2.75, 3.05) is 0 Å². The van der Waals surface area contributed by atoms with E-state index >= 15 is 0 Å². The maximum absolute atomic E-state index is 10.8. The first-order valence-electron chi connectivity index (χ1n) is 7.04. The zero-order chi connectivity index (χ0) is 16.4. The average Bonchev–Trinajstić information content (AvgIpc) is 3.05. The van der Waals surface area contributed by atoms with E-state index < -0.39 is 11.0 Å². The minimum absolute atomic E-state index is 0.00307. The quantitative estimate of drug-likeness (QED) is 0.568. The summed E-state index contributed by atoms with van der Waals surface area (Å²) in [6.45, 7) is 2.00. The van der Waals surface area contributed by atoms with Crippen LogP contribution in [0, 0.1) is 17.0 Å². The highest BCUT2D eigenvalue weighted by Gasteiger charge is 2.16. The van der Waals surface area contributed by atoms with Crippen molar-refractivity contribution in [2.24, 2.45) is 5.73 Å². The molecule has 2 aromatic carbocycles. The lowest BCUT2D eigenvalue weighted by molar-refractivity contribution is -0.384. The molecule has 0 bridgehead atoms. The standard InChI is InChI=1S/C16H15N5O2/c1-10-5-7-11(8-6-10)14(17)16-18-15(19-20-16)12-3-2-4-13(9-12)21(22)23/h2-9,14H,17H2,1H3,(H,18,19,20)/t14-/m0/s1. The third-order valence-corrected chi connectivity index (χ3v) is 3.55. The first kappa shape index (κ1) is 14.9. The minimum atomic E-state index is -0.449. The Morgan fingerprint density at radius 1 is 1.22 bits per heavy atom. The summed E-state index contributed by atoms with van der Waals surface area (Å²) in [6, 6.07) is 13.6. The van der Waals surface area contributed by atoms with Crippen LogP contribution in [0.25, 0.3) is 11.4 Å². The van der Waals surface area contributed by atoms with Gasteiger partial charge < -0.3 is 5.73 Å². The summed E-state index contributed by atoms with van der Waals surface area (Å²) in [5, 5.41) is 17.8. The number of nitrogens with two attached hydrogens (primary N) is 1. The average molecular weight is 309 g/mol. The van der Waals surface area contributed by atoms with Gasteiger partial charge in [0.15, 0.2) is 5.82 Å². The monoisotopic (exact) mass is 309 g/mol. The zero-order valence-corrected chi connectivity index (χ0v) is 12.4. The number of benzene rings is 2. The lowest BCUT2D eigenvalue weighted by Crippen LogP contribution is -2.13. The van der Waals surface area contributed by atoms with Crippen LogP contribution >= 0.6 is 0 Å². The van der Waals surface area contributed by atoms with E-state index in [4.69, 9.17) is 5.73 Å². The van der Waals surface area contributed by atoms with Gasteiger partial charge in [-0.05, 0) is 12.5 Å². The van der Waals surface area contributed by atoms with E-state index in [1.165, 1.54) is 12.1 Å². The fourth-order valence-corrected chi connectivity index (χ4v) is 2.23. The molecule has 1 aromatic heterocycles. The normalized spacial score (nSPS) is 12.1. The summed E-state index contributed by atoms with van der Waals surface area (Å²) in [7, 11) is 0. The smallest absolute Gasteiger partial charge is 0.270 e. The third kappa shape index (κ3) is 3.09. The molecule has 7 nitrogen and oxygen atoms in total. The van der Waals surface area contributed by atoms with E-state index in [1.54, 1.807) is 12.1 Å². The minimum Gasteiger partial charge on any atom is -0.318 e. The Morgan fingerprint density at radius 3 is 2.65 bits per heavy atom. The topological polar surface area (TPSA) is 111 Å². The summed E-state index contributed by atoms with van der Waals surface area (Å²) in [5.74, 6) is 0.890.